The minimum absolute atomic E-state index is 0.324. The first kappa shape index (κ1) is 12.6. The van der Waals surface area contributed by atoms with Gasteiger partial charge in [-0.25, -0.2) is 0 Å². The van der Waals surface area contributed by atoms with E-state index >= 15 is 0 Å². The summed E-state index contributed by atoms with van der Waals surface area (Å²) in [6, 6.07) is 1.97. The van der Waals surface area contributed by atoms with Crippen molar-refractivity contribution < 1.29 is 9.84 Å². The van der Waals surface area contributed by atoms with Crippen molar-refractivity contribution in [2.75, 3.05) is 20.3 Å². The number of hydrogen-bond acceptors (Lipinski definition) is 4. The van der Waals surface area contributed by atoms with E-state index in [1.54, 1.807) is 18.4 Å². The van der Waals surface area contributed by atoms with Crippen LogP contribution in [0, 0.1) is 6.92 Å². The Morgan fingerprint density at radius 2 is 2.33 bits per heavy atom. The van der Waals surface area contributed by atoms with E-state index in [4.69, 9.17) is 10.5 Å². The summed E-state index contributed by atoms with van der Waals surface area (Å²) in [4.78, 5) is 1.14. The normalized spacial score (nSPS) is 15.2. The third kappa shape index (κ3) is 3.01. The number of nitrogens with two attached hydrogens (primary N) is 1. The molecule has 3 nitrogen and oxygen atoms in total. The fourth-order valence-electron chi connectivity index (χ4n) is 1.79. The third-order valence-electron chi connectivity index (χ3n) is 2.54. The zero-order valence-electron chi connectivity index (χ0n) is 9.32. The second kappa shape index (κ2) is 5.61. The van der Waals surface area contributed by atoms with Gasteiger partial charge in [0, 0.05) is 12.0 Å². The van der Waals surface area contributed by atoms with Crippen LogP contribution in [0.15, 0.2) is 11.4 Å². The monoisotopic (exact) mass is 229 g/mol. The Labute approximate surface area is 94.9 Å². The minimum Gasteiger partial charge on any atom is -0.383 e. The molecule has 0 aliphatic carbocycles. The summed E-state index contributed by atoms with van der Waals surface area (Å²) < 4.78 is 5.10. The molecule has 1 atom stereocenters. The van der Waals surface area contributed by atoms with Crippen molar-refractivity contribution in [2.45, 2.75) is 25.4 Å². The topological polar surface area (TPSA) is 55.5 Å². The van der Waals surface area contributed by atoms with E-state index in [1.807, 2.05) is 18.4 Å². The lowest BCUT2D eigenvalue weighted by Gasteiger charge is -2.27. The molecule has 15 heavy (non-hydrogen) atoms. The summed E-state index contributed by atoms with van der Waals surface area (Å²) in [6.45, 7) is 2.93. The maximum Gasteiger partial charge on any atom is 0.114 e. The van der Waals surface area contributed by atoms with Gasteiger partial charge in [-0.2, -0.15) is 0 Å². The highest BCUT2D eigenvalue weighted by Crippen LogP contribution is 2.32. The van der Waals surface area contributed by atoms with Crippen LogP contribution in [0.3, 0.4) is 0 Å². The van der Waals surface area contributed by atoms with Crippen molar-refractivity contribution in [3.8, 4) is 0 Å². The average molecular weight is 229 g/mol. The first-order chi connectivity index (χ1) is 7.14. The molecule has 1 rings (SSSR count). The minimum atomic E-state index is -0.877. The van der Waals surface area contributed by atoms with E-state index in [0.717, 1.165) is 16.9 Å². The van der Waals surface area contributed by atoms with Crippen molar-refractivity contribution in [1.82, 2.24) is 0 Å². The number of rotatable bonds is 6. The van der Waals surface area contributed by atoms with Crippen LogP contribution in [0.1, 0.15) is 23.3 Å². The van der Waals surface area contributed by atoms with Crippen LogP contribution >= 0.6 is 11.3 Å². The molecule has 1 aromatic heterocycles. The van der Waals surface area contributed by atoms with Gasteiger partial charge in [-0.05, 0) is 43.3 Å². The quantitative estimate of drug-likeness (QED) is 0.779. The summed E-state index contributed by atoms with van der Waals surface area (Å²) in [6.07, 6.45) is 1.45. The van der Waals surface area contributed by atoms with E-state index in [2.05, 4.69) is 0 Å². The van der Waals surface area contributed by atoms with E-state index in [1.165, 1.54) is 0 Å². The van der Waals surface area contributed by atoms with Gasteiger partial charge >= 0.3 is 0 Å². The van der Waals surface area contributed by atoms with Gasteiger partial charge in [0.05, 0.1) is 6.61 Å². The van der Waals surface area contributed by atoms with Crippen molar-refractivity contribution >= 4 is 11.3 Å². The third-order valence-corrected chi connectivity index (χ3v) is 3.38. The molecule has 1 heterocycles. The van der Waals surface area contributed by atoms with E-state index in [-0.39, 0.29) is 0 Å². The van der Waals surface area contributed by atoms with Gasteiger partial charge < -0.3 is 15.6 Å². The van der Waals surface area contributed by atoms with Crippen LogP contribution in [0.25, 0.3) is 0 Å². The first-order valence-electron chi connectivity index (χ1n) is 5.10. The largest absolute Gasteiger partial charge is 0.383 e. The van der Waals surface area contributed by atoms with Crippen LogP contribution < -0.4 is 5.73 Å². The fourth-order valence-corrected chi connectivity index (χ4v) is 2.58. The standard InChI is InChI=1S/C11H19NO2S/c1-9-10(4-7-15-9)11(13,8-14-2)5-3-6-12/h4,7,13H,3,5-6,8,12H2,1-2H3. The predicted molar refractivity (Wildman–Crippen MR) is 63.1 cm³/mol. The number of methoxy groups -OCH3 is 1. The molecule has 4 heteroatoms. The summed E-state index contributed by atoms with van der Waals surface area (Å²) in [7, 11) is 1.61. The number of ether oxygens (including phenoxy) is 1. The van der Waals surface area contributed by atoms with E-state index < -0.39 is 5.60 Å². The Morgan fingerprint density at radius 1 is 1.60 bits per heavy atom. The van der Waals surface area contributed by atoms with Crippen molar-refractivity contribution in [3.05, 3.63) is 21.9 Å². The number of aliphatic hydroxyl groups is 1. The number of aryl methyl sites for hydroxylation is 1. The Morgan fingerprint density at radius 3 is 2.80 bits per heavy atom. The molecule has 0 spiro atoms. The summed E-state index contributed by atoms with van der Waals surface area (Å²) >= 11 is 1.64. The molecule has 0 aromatic carbocycles. The second-order valence-electron chi connectivity index (χ2n) is 3.75. The lowest BCUT2D eigenvalue weighted by atomic mass is 9.90. The van der Waals surface area contributed by atoms with Gasteiger partial charge in [0.15, 0.2) is 0 Å². The molecule has 3 N–H and O–H groups in total. The van der Waals surface area contributed by atoms with Gasteiger partial charge in [0.25, 0.3) is 0 Å². The van der Waals surface area contributed by atoms with Crippen LogP contribution in [0.2, 0.25) is 0 Å². The Balaban J connectivity index is 2.85. The van der Waals surface area contributed by atoms with Crippen LogP contribution in [0.4, 0.5) is 0 Å². The van der Waals surface area contributed by atoms with Crippen molar-refractivity contribution in [3.63, 3.8) is 0 Å². The van der Waals surface area contributed by atoms with Gasteiger partial charge in [0.2, 0.25) is 0 Å². The highest BCUT2D eigenvalue weighted by atomic mass is 32.1. The number of thiophene rings is 1. The molecule has 0 radical (unpaired) electrons. The average Bonchev–Trinajstić information content (AvgIpc) is 2.62. The summed E-state index contributed by atoms with van der Waals surface area (Å²) in [5.41, 5.74) is 5.57. The van der Waals surface area contributed by atoms with Gasteiger partial charge in [-0.1, -0.05) is 0 Å². The molecule has 0 aliphatic heterocycles. The second-order valence-corrected chi connectivity index (χ2v) is 4.87. The zero-order valence-corrected chi connectivity index (χ0v) is 10.1. The fraction of sp³-hybridized carbons (Fsp3) is 0.636. The van der Waals surface area contributed by atoms with E-state index in [0.29, 0.717) is 19.6 Å². The van der Waals surface area contributed by atoms with Gasteiger partial charge in [-0.15, -0.1) is 11.3 Å². The van der Waals surface area contributed by atoms with Crippen molar-refractivity contribution in [2.24, 2.45) is 5.73 Å². The Hall–Kier alpha value is -0.420. The molecular weight excluding hydrogens is 210 g/mol. The van der Waals surface area contributed by atoms with Crippen LogP contribution in [-0.4, -0.2) is 25.4 Å². The highest BCUT2D eigenvalue weighted by Gasteiger charge is 2.30. The molecule has 0 fully saturated rings. The Kier molecular flexibility index (Phi) is 4.73. The molecule has 1 aromatic rings. The summed E-state index contributed by atoms with van der Waals surface area (Å²) in [5, 5.41) is 12.5. The molecule has 86 valence electrons. The summed E-state index contributed by atoms with van der Waals surface area (Å²) in [5.74, 6) is 0. The van der Waals surface area contributed by atoms with E-state index in [9.17, 15) is 5.11 Å². The molecular formula is C11H19NO2S. The molecule has 0 saturated heterocycles. The predicted octanol–water partition coefficient (Wildman–Crippen LogP) is 1.63. The maximum atomic E-state index is 10.5. The molecule has 0 aliphatic rings. The molecule has 0 saturated carbocycles. The zero-order chi connectivity index (χ0) is 11.3. The number of hydrogen-bond donors (Lipinski definition) is 2. The first-order valence-corrected chi connectivity index (χ1v) is 5.98. The maximum absolute atomic E-state index is 10.5. The lowest BCUT2D eigenvalue weighted by molar-refractivity contribution is -0.0430. The van der Waals surface area contributed by atoms with Gasteiger partial charge in [-0.3, -0.25) is 0 Å². The lowest BCUT2D eigenvalue weighted by Crippen LogP contribution is -2.32. The van der Waals surface area contributed by atoms with Gasteiger partial charge in [0.1, 0.15) is 5.60 Å². The van der Waals surface area contributed by atoms with Crippen LogP contribution in [-0.2, 0) is 10.3 Å². The van der Waals surface area contributed by atoms with Crippen molar-refractivity contribution in [1.29, 1.82) is 0 Å². The highest BCUT2D eigenvalue weighted by molar-refractivity contribution is 7.10. The Bertz CT molecular complexity index is 301. The smallest absolute Gasteiger partial charge is 0.114 e. The van der Waals surface area contributed by atoms with Crippen LogP contribution in [0.5, 0.6) is 0 Å². The molecule has 0 amide bonds. The molecule has 1 unspecified atom stereocenters. The molecule has 0 bridgehead atoms. The SMILES string of the molecule is COCC(O)(CCCN)c1ccsc1C.